The number of carbonyl (C=O) groups excluding carboxylic acids is 1. The van der Waals surface area contributed by atoms with Crippen LogP contribution in [-0.2, 0) is 27.8 Å². The Balaban J connectivity index is 1.66. The van der Waals surface area contributed by atoms with Gasteiger partial charge in [0.1, 0.15) is 17.6 Å². The smallest absolute Gasteiger partial charge is 0.241 e. The number of hydrogen-bond acceptors (Lipinski definition) is 5. The van der Waals surface area contributed by atoms with Crippen molar-refractivity contribution in [1.82, 2.24) is 10.0 Å². The minimum atomic E-state index is -3.79. The second-order valence-electron chi connectivity index (χ2n) is 7.51. The lowest BCUT2D eigenvalue weighted by atomic mass is 10.1. The molecular weight excluding hydrogens is 404 g/mol. The zero-order valence-electron chi connectivity index (χ0n) is 17.7. The average molecular weight is 433 g/mol. The van der Waals surface area contributed by atoms with E-state index in [0.717, 1.165) is 28.9 Å². The molecule has 2 N–H and O–H groups in total. The molecule has 1 amide bonds. The lowest BCUT2D eigenvalue weighted by Crippen LogP contribution is -2.44. The van der Waals surface area contributed by atoms with Crippen LogP contribution in [-0.4, -0.2) is 33.1 Å². The van der Waals surface area contributed by atoms with E-state index >= 15 is 0 Å². The Morgan fingerprint density at radius 2 is 1.97 bits per heavy atom. The molecule has 0 radical (unpaired) electrons. The van der Waals surface area contributed by atoms with Gasteiger partial charge in [0.25, 0.3) is 0 Å². The zero-order valence-corrected chi connectivity index (χ0v) is 18.5. The molecule has 2 aromatic rings. The van der Waals surface area contributed by atoms with Crippen molar-refractivity contribution in [2.75, 3.05) is 6.61 Å². The van der Waals surface area contributed by atoms with E-state index in [1.807, 2.05) is 32.9 Å². The van der Waals surface area contributed by atoms with Crippen LogP contribution in [0.15, 0.2) is 41.3 Å². The standard InChI is InChI=1S/C22H28N2O5S/c1-5-28-20-11-17-10-15(3)29-21(17)12-18(20)13-23-22(25)16(4)24-30(26,27)19-8-6-14(2)7-9-19/h6-9,11-12,15-16,24H,5,10,13H2,1-4H3,(H,23,25)/t15-,16+/m1/s1. The first-order valence-electron chi connectivity index (χ1n) is 10.0. The van der Waals surface area contributed by atoms with Crippen LogP contribution in [0.25, 0.3) is 0 Å². The van der Waals surface area contributed by atoms with Crippen molar-refractivity contribution in [2.24, 2.45) is 0 Å². The van der Waals surface area contributed by atoms with E-state index in [2.05, 4.69) is 10.0 Å². The van der Waals surface area contributed by atoms with Crippen molar-refractivity contribution < 1.29 is 22.7 Å². The second-order valence-corrected chi connectivity index (χ2v) is 9.22. The van der Waals surface area contributed by atoms with E-state index in [4.69, 9.17) is 9.47 Å². The van der Waals surface area contributed by atoms with Crippen LogP contribution >= 0.6 is 0 Å². The summed E-state index contributed by atoms with van der Waals surface area (Å²) in [5, 5.41) is 2.78. The highest BCUT2D eigenvalue weighted by atomic mass is 32.2. The Hall–Kier alpha value is -2.58. The summed E-state index contributed by atoms with van der Waals surface area (Å²) in [6.07, 6.45) is 0.926. The quantitative estimate of drug-likeness (QED) is 0.669. The molecule has 1 aliphatic heterocycles. The highest BCUT2D eigenvalue weighted by Crippen LogP contribution is 2.35. The highest BCUT2D eigenvalue weighted by molar-refractivity contribution is 7.89. The summed E-state index contributed by atoms with van der Waals surface area (Å²) < 4.78 is 38.9. The number of amides is 1. The first kappa shape index (κ1) is 22.1. The van der Waals surface area contributed by atoms with Gasteiger partial charge in [-0.15, -0.1) is 0 Å². The van der Waals surface area contributed by atoms with E-state index in [9.17, 15) is 13.2 Å². The van der Waals surface area contributed by atoms with Gasteiger partial charge in [0.2, 0.25) is 15.9 Å². The van der Waals surface area contributed by atoms with Crippen LogP contribution in [0, 0.1) is 6.92 Å². The van der Waals surface area contributed by atoms with Crippen LogP contribution in [0.4, 0.5) is 0 Å². The van der Waals surface area contributed by atoms with Crippen molar-refractivity contribution in [3.8, 4) is 11.5 Å². The van der Waals surface area contributed by atoms with Crippen molar-refractivity contribution in [1.29, 1.82) is 0 Å². The second kappa shape index (κ2) is 9.06. The highest BCUT2D eigenvalue weighted by Gasteiger charge is 2.24. The molecule has 8 heteroatoms. The van der Waals surface area contributed by atoms with Gasteiger partial charge in [0.15, 0.2) is 0 Å². The van der Waals surface area contributed by atoms with Gasteiger partial charge in [-0.05, 0) is 52.0 Å². The maximum Gasteiger partial charge on any atom is 0.241 e. The molecule has 0 saturated heterocycles. The Bertz CT molecular complexity index is 1020. The van der Waals surface area contributed by atoms with Crippen molar-refractivity contribution in [3.05, 3.63) is 53.1 Å². The summed E-state index contributed by atoms with van der Waals surface area (Å²) in [5.41, 5.74) is 2.82. The molecule has 0 bridgehead atoms. The van der Waals surface area contributed by atoms with Crippen molar-refractivity contribution in [3.63, 3.8) is 0 Å². The minimum Gasteiger partial charge on any atom is -0.494 e. The van der Waals surface area contributed by atoms with Gasteiger partial charge in [-0.25, -0.2) is 8.42 Å². The molecule has 2 aromatic carbocycles. The fourth-order valence-electron chi connectivity index (χ4n) is 3.32. The van der Waals surface area contributed by atoms with Gasteiger partial charge in [0.05, 0.1) is 17.5 Å². The van der Waals surface area contributed by atoms with Crippen molar-refractivity contribution >= 4 is 15.9 Å². The molecule has 2 atom stereocenters. The van der Waals surface area contributed by atoms with Crippen LogP contribution in [0.2, 0.25) is 0 Å². The Labute approximate surface area is 177 Å². The maximum absolute atomic E-state index is 12.5. The fourth-order valence-corrected chi connectivity index (χ4v) is 4.52. The summed E-state index contributed by atoms with van der Waals surface area (Å²) in [7, 11) is -3.79. The maximum atomic E-state index is 12.5. The topological polar surface area (TPSA) is 93.7 Å². The van der Waals surface area contributed by atoms with Gasteiger partial charge >= 0.3 is 0 Å². The number of benzene rings is 2. The lowest BCUT2D eigenvalue weighted by Gasteiger charge is -2.16. The average Bonchev–Trinajstić information content (AvgIpc) is 3.05. The summed E-state index contributed by atoms with van der Waals surface area (Å²) >= 11 is 0. The monoisotopic (exact) mass is 432 g/mol. The number of aryl methyl sites for hydroxylation is 1. The number of hydrogen-bond donors (Lipinski definition) is 2. The van der Waals surface area contributed by atoms with E-state index < -0.39 is 22.0 Å². The van der Waals surface area contributed by atoms with E-state index in [1.165, 1.54) is 19.1 Å². The van der Waals surface area contributed by atoms with Crippen LogP contribution in [0.3, 0.4) is 0 Å². The Morgan fingerprint density at radius 3 is 2.63 bits per heavy atom. The first-order valence-corrected chi connectivity index (χ1v) is 11.5. The third kappa shape index (κ3) is 5.12. The van der Waals surface area contributed by atoms with Gasteiger partial charge in [0, 0.05) is 24.1 Å². The molecular formula is C22H28N2O5S. The number of sulfonamides is 1. The number of ether oxygens (including phenoxy) is 2. The predicted octanol–water partition coefficient (Wildman–Crippen LogP) is 2.70. The molecule has 0 aliphatic carbocycles. The Kier molecular flexibility index (Phi) is 6.67. The molecule has 30 heavy (non-hydrogen) atoms. The summed E-state index contributed by atoms with van der Waals surface area (Å²) in [4.78, 5) is 12.6. The molecule has 3 rings (SSSR count). The van der Waals surface area contributed by atoms with Gasteiger partial charge in [-0.1, -0.05) is 17.7 Å². The molecule has 0 unspecified atom stereocenters. The van der Waals surface area contributed by atoms with Gasteiger partial charge < -0.3 is 14.8 Å². The minimum absolute atomic E-state index is 0.107. The lowest BCUT2D eigenvalue weighted by molar-refractivity contribution is -0.122. The fraction of sp³-hybridized carbons (Fsp3) is 0.409. The van der Waals surface area contributed by atoms with E-state index in [1.54, 1.807) is 12.1 Å². The largest absolute Gasteiger partial charge is 0.494 e. The van der Waals surface area contributed by atoms with Crippen LogP contribution < -0.4 is 19.5 Å². The SMILES string of the molecule is CCOc1cc2c(cc1CNC(=O)[C@H](C)NS(=O)(=O)c1ccc(C)cc1)O[C@H](C)C2. The molecule has 162 valence electrons. The Morgan fingerprint density at radius 1 is 1.27 bits per heavy atom. The zero-order chi connectivity index (χ0) is 21.9. The molecule has 7 nitrogen and oxygen atoms in total. The molecule has 1 aliphatic rings. The van der Waals surface area contributed by atoms with Gasteiger partial charge in [-0.3, -0.25) is 4.79 Å². The first-order chi connectivity index (χ1) is 14.2. The molecule has 0 spiro atoms. The summed E-state index contributed by atoms with van der Waals surface area (Å²) in [6, 6.07) is 9.36. The van der Waals surface area contributed by atoms with Gasteiger partial charge in [-0.2, -0.15) is 4.72 Å². The number of rotatable bonds is 8. The molecule has 0 saturated carbocycles. The number of carbonyl (C=O) groups is 1. The van der Waals surface area contributed by atoms with E-state index in [0.29, 0.717) is 12.4 Å². The molecule has 0 aromatic heterocycles. The summed E-state index contributed by atoms with van der Waals surface area (Å²) in [6.45, 7) is 8.00. The molecule has 1 heterocycles. The number of fused-ring (bicyclic) bond motifs is 1. The predicted molar refractivity (Wildman–Crippen MR) is 114 cm³/mol. The van der Waals surface area contributed by atoms with E-state index in [-0.39, 0.29) is 17.5 Å². The van der Waals surface area contributed by atoms with Crippen LogP contribution in [0.1, 0.15) is 37.5 Å². The third-order valence-electron chi connectivity index (χ3n) is 4.89. The number of nitrogens with one attached hydrogen (secondary N) is 2. The van der Waals surface area contributed by atoms with Crippen LogP contribution in [0.5, 0.6) is 11.5 Å². The third-order valence-corrected chi connectivity index (χ3v) is 6.45. The van der Waals surface area contributed by atoms with Crippen molar-refractivity contribution in [2.45, 2.75) is 57.7 Å². The molecule has 0 fully saturated rings. The summed E-state index contributed by atoms with van der Waals surface area (Å²) in [5.74, 6) is 1.06. The normalized spacial score (nSPS) is 16.5.